The number of halogens is 3. The maximum absolute atomic E-state index is 13.0. The molecule has 184 valence electrons. The summed E-state index contributed by atoms with van der Waals surface area (Å²) >= 11 is 0. The van der Waals surface area contributed by atoms with Crippen LogP contribution in [0.15, 0.2) is 12.4 Å². The van der Waals surface area contributed by atoms with E-state index in [0.29, 0.717) is 23.9 Å². The van der Waals surface area contributed by atoms with Gasteiger partial charge in [-0.25, -0.2) is 14.8 Å². The summed E-state index contributed by atoms with van der Waals surface area (Å²) in [6.45, 7) is 15.0. The molecular formula is C23H35F3N6O. The lowest BCUT2D eigenvalue weighted by atomic mass is 9.60. The Morgan fingerprint density at radius 2 is 1.64 bits per heavy atom. The lowest BCUT2D eigenvalue weighted by Crippen LogP contribution is -2.69. The molecule has 1 aliphatic carbocycles. The average Bonchev–Trinajstić information content (AvgIpc) is 2.62. The lowest BCUT2D eigenvalue weighted by molar-refractivity contribution is -0.138. The van der Waals surface area contributed by atoms with Gasteiger partial charge in [0.05, 0.1) is 5.56 Å². The Kier molecular flexibility index (Phi) is 6.04. The van der Waals surface area contributed by atoms with Gasteiger partial charge in [0, 0.05) is 63.2 Å². The monoisotopic (exact) mass is 468 g/mol. The summed E-state index contributed by atoms with van der Waals surface area (Å²) in [5.74, 6) is 0.257. The van der Waals surface area contributed by atoms with Gasteiger partial charge in [-0.3, -0.25) is 0 Å². The number of hydrogen-bond donors (Lipinski definition) is 1. The SMILES string of the molecule is C[C@@H]1CN(c2ncc(C(F)(F)F)cn2)C[C@H](C)N1C(=O)NC1CC2(C1)CN(CC(C)(C)C)C2. The number of likely N-dealkylation sites (tertiary alicyclic amines) is 1. The second-order valence-corrected chi connectivity index (χ2v) is 11.5. The zero-order valence-electron chi connectivity index (χ0n) is 20.1. The number of urea groups is 1. The first-order valence-corrected chi connectivity index (χ1v) is 11.7. The minimum atomic E-state index is -4.46. The third-order valence-corrected chi connectivity index (χ3v) is 6.90. The van der Waals surface area contributed by atoms with Crippen LogP contribution in [0.5, 0.6) is 0 Å². The van der Waals surface area contributed by atoms with Gasteiger partial charge in [-0.15, -0.1) is 0 Å². The first kappa shape index (κ1) is 24.0. The summed E-state index contributed by atoms with van der Waals surface area (Å²) in [5, 5.41) is 3.21. The Labute approximate surface area is 193 Å². The predicted molar refractivity (Wildman–Crippen MR) is 120 cm³/mol. The highest BCUT2D eigenvalue weighted by Crippen LogP contribution is 2.49. The molecular weight excluding hydrogens is 433 g/mol. The zero-order chi connectivity index (χ0) is 24.2. The van der Waals surface area contributed by atoms with E-state index in [1.807, 2.05) is 23.6 Å². The number of aromatic nitrogens is 2. The molecule has 0 radical (unpaired) electrons. The molecule has 1 spiro atoms. The van der Waals surface area contributed by atoms with E-state index in [9.17, 15) is 18.0 Å². The number of nitrogens with zero attached hydrogens (tertiary/aromatic N) is 5. The van der Waals surface area contributed by atoms with E-state index in [4.69, 9.17) is 0 Å². The van der Waals surface area contributed by atoms with E-state index in [2.05, 4.69) is 41.0 Å². The standard InChI is InChI=1S/C23H35F3N6O/c1-15-10-31(19-27-8-17(9-28-19)23(24,25)26)11-16(2)32(15)20(33)29-18-6-22(7-18)13-30(14-22)12-21(3,4)5/h8-9,15-16,18H,6-7,10-14H2,1-5H3,(H,29,33)/t15-,16+. The fourth-order valence-electron chi connectivity index (χ4n) is 5.80. The van der Waals surface area contributed by atoms with Gasteiger partial charge in [0.15, 0.2) is 0 Å². The summed E-state index contributed by atoms with van der Waals surface area (Å²) < 4.78 is 38.3. The normalized spacial score (nSPS) is 26.2. The molecule has 1 saturated carbocycles. The van der Waals surface area contributed by atoms with Gasteiger partial charge in [-0.05, 0) is 37.5 Å². The van der Waals surface area contributed by atoms with Crippen LogP contribution in [0.3, 0.4) is 0 Å². The number of piperazine rings is 1. The molecule has 2 amide bonds. The maximum atomic E-state index is 13.0. The molecule has 1 N–H and O–H groups in total. The first-order chi connectivity index (χ1) is 15.2. The molecule has 2 aliphatic heterocycles. The van der Waals surface area contributed by atoms with E-state index >= 15 is 0 Å². The van der Waals surface area contributed by atoms with Crippen molar-refractivity contribution in [2.24, 2.45) is 10.8 Å². The van der Waals surface area contributed by atoms with Crippen LogP contribution in [0.1, 0.15) is 53.0 Å². The molecule has 33 heavy (non-hydrogen) atoms. The van der Waals surface area contributed by atoms with Gasteiger partial charge in [0.2, 0.25) is 5.95 Å². The van der Waals surface area contributed by atoms with E-state index in [0.717, 1.165) is 44.9 Å². The van der Waals surface area contributed by atoms with Crippen molar-refractivity contribution in [3.63, 3.8) is 0 Å². The third-order valence-electron chi connectivity index (χ3n) is 6.90. The summed E-state index contributed by atoms with van der Waals surface area (Å²) in [7, 11) is 0. The van der Waals surface area contributed by atoms with Gasteiger partial charge < -0.3 is 20.0 Å². The Morgan fingerprint density at radius 1 is 1.09 bits per heavy atom. The van der Waals surface area contributed by atoms with E-state index in [-0.39, 0.29) is 30.1 Å². The van der Waals surface area contributed by atoms with Crippen molar-refractivity contribution in [3.05, 3.63) is 18.0 Å². The van der Waals surface area contributed by atoms with Crippen molar-refractivity contribution in [2.75, 3.05) is 37.6 Å². The van der Waals surface area contributed by atoms with Gasteiger partial charge in [-0.1, -0.05) is 20.8 Å². The van der Waals surface area contributed by atoms with Crippen molar-refractivity contribution in [1.82, 2.24) is 25.1 Å². The molecule has 0 aromatic carbocycles. The number of rotatable bonds is 3. The van der Waals surface area contributed by atoms with E-state index in [1.165, 1.54) is 0 Å². The molecule has 1 aromatic heterocycles. The summed E-state index contributed by atoms with van der Waals surface area (Å²) in [6, 6.07) is -0.0713. The topological polar surface area (TPSA) is 64.6 Å². The van der Waals surface area contributed by atoms with Gasteiger partial charge in [0.25, 0.3) is 0 Å². The number of nitrogens with one attached hydrogen (secondary N) is 1. The highest BCUT2D eigenvalue weighted by molar-refractivity contribution is 5.76. The van der Waals surface area contributed by atoms with Crippen molar-refractivity contribution >= 4 is 12.0 Å². The van der Waals surface area contributed by atoms with Crippen molar-refractivity contribution in [2.45, 2.75) is 71.8 Å². The van der Waals surface area contributed by atoms with Crippen LogP contribution in [-0.4, -0.2) is 76.6 Å². The van der Waals surface area contributed by atoms with Crippen LogP contribution < -0.4 is 10.2 Å². The minimum absolute atomic E-state index is 0.0614. The minimum Gasteiger partial charge on any atom is -0.337 e. The van der Waals surface area contributed by atoms with Crippen molar-refractivity contribution in [3.8, 4) is 0 Å². The van der Waals surface area contributed by atoms with E-state index in [1.54, 1.807) is 0 Å². The second-order valence-electron chi connectivity index (χ2n) is 11.5. The summed E-state index contributed by atoms with van der Waals surface area (Å²) in [5.41, 5.74) is -0.186. The van der Waals surface area contributed by atoms with Crippen molar-refractivity contribution < 1.29 is 18.0 Å². The van der Waals surface area contributed by atoms with Gasteiger partial charge in [-0.2, -0.15) is 13.2 Å². The third kappa shape index (κ3) is 5.20. The van der Waals surface area contributed by atoms with Gasteiger partial charge >= 0.3 is 12.2 Å². The molecule has 3 fully saturated rings. The molecule has 7 nitrogen and oxygen atoms in total. The fraction of sp³-hybridized carbons (Fsp3) is 0.783. The number of anilines is 1. The van der Waals surface area contributed by atoms with Crippen LogP contribution in [-0.2, 0) is 6.18 Å². The Hall–Kier alpha value is -2.10. The van der Waals surface area contributed by atoms with E-state index < -0.39 is 11.7 Å². The van der Waals surface area contributed by atoms with Crippen molar-refractivity contribution in [1.29, 1.82) is 0 Å². The second kappa shape index (κ2) is 8.29. The van der Waals surface area contributed by atoms with Gasteiger partial charge in [0.1, 0.15) is 0 Å². The number of alkyl halides is 3. The molecule has 4 rings (SSSR count). The molecule has 0 bridgehead atoms. The van der Waals surface area contributed by atoms with Crippen LogP contribution in [0, 0.1) is 10.8 Å². The summed E-state index contributed by atoms with van der Waals surface area (Å²) in [4.78, 5) is 27.0. The summed E-state index contributed by atoms with van der Waals surface area (Å²) in [6.07, 6.45) is -0.776. The fourth-order valence-corrected chi connectivity index (χ4v) is 5.80. The molecule has 0 unspecified atom stereocenters. The number of amides is 2. The largest absolute Gasteiger partial charge is 0.419 e. The Bertz CT molecular complexity index is 842. The van der Waals surface area contributed by atoms with Crippen LogP contribution in [0.25, 0.3) is 0 Å². The van der Waals surface area contributed by atoms with Crippen LogP contribution in [0.4, 0.5) is 23.9 Å². The highest BCUT2D eigenvalue weighted by atomic mass is 19.4. The zero-order valence-corrected chi connectivity index (χ0v) is 20.1. The molecule has 2 saturated heterocycles. The molecule has 1 aromatic rings. The Morgan fingerprint density at radius 3 is 2.12 bits per heavy atom. The molecule has 3 aliphatic rings. The maximum Gasteiger partial charge on any atom is 0.419 e. The Balaban J connectivity index is 1.27. The number of carbonyl (C=O) groups is 1. The van der Waals surface area contributed by atoms with Crippen LogP contribution >= 0.6 is 0 Å². The number of hydrogen-bond acceptors (Lipinski definition) is 5. The smallest absolute Gasteiger partial charge is 0.337 e. The average molecular weight is 469 g/mol. The lowest BCUT2D eigenvalue weighted by Gasteiger charge is -2.60. The highest BCUT2D eigenvalue weighted by Gasteiger charge is 2.53. The molecule has 10 heteroatoms. The quantitative estimate of drug-likeness (QED) is 0.734. The number of carbonyl (C=O) groups excluding carboxylic acids is 1. The molecule has 2 atom stereocenters. The molecule has 3 heterocycles. The predicted octanol–water partition coefficient (Wildman–Crippen LogP) is 3.61. The van der Waals surface area contributed by atoms with Crippen LogP contribution in [0.2, 0.25) is 0 Å². The first-order valence-electron chi connectivity index (χ1n) is 11.7.